The summed E-state index contributed by atoms with van der Waals surface area (Å²) < 4.78 is 0. The Morgan fingerprint density at radius 3 is 2.58 bits per heavy atom. The van der Waals surface area contributed by atoms with Gasteiger partial charge >= 0.3 is 0 Å². The third-order valence-electron chi connectivity index (χ3n) is 6.30. The number of hydrogen-bond acceptors (Lipinski definition) is 5. The molecule has 1 aromatic rings. The number of amides is 3. The molecule has 0 unspecified atom stereocenters. The summed E-state index contributed by atoms with van der Waals surface area (Å²) in [4.78, 5) is 40.7. The van der Waals surface area contributed by atoms with Gasteiger partial charge in [0.15, 0.2) is 0 Å². The normalized spacial score (nSPS) is 23.4. The number of nitrogens with two attached hydrogens (primary N) is 1. The molecule has 6 nitrogen and oxygen atoms in total. The fraction of sp³-hybridized carbons (Fsp3) is 0.391. The van der Waals surface area contributed by atoms with Crippen LogP contribution in [0.25, 0.3) is 0 Å². The van der Waals surface area contributed by atoms with E-state index in [4.69, 9.17) is 29.6 Å². The summed E-state index contributed by atoms with van der Waals surface area (Å²) in [5, 5.41) is 3.20. The quantitative estimate of drug-likeness (QED) is 0.518. The molecule has 3 amide bonds. The molecule has 3 aliphatic rings. The van der Waals surface area contributed by atoms with Gasteiger partial charge in [0, 0.05) is 22.9 Å². The third kappa shape index (κ3) is 4.35. The molecule has 1 heterocycles. The van der Waals surface area contributed by atoms with Gasteiger partial charge in [0.1, 0.15) is 0 Å². The lowest BCUT2D eigenvalue weighted by molar-refractivity contribution is -0.112. The number of carbonyl (C=O) groups excluding carboxylic acids is 3. The van der Waals surface area contributed by atoms with E-state index in [9.17, 15) is 14.4 Å². The van der Waals surface area contributed by atoms with Gasteiger partial charge in [0.25, 0.3) is 17.7 Å². The first-order chi connectivity index (χ1) is 14.9. The maximum Gasteiger partial charge on any atom is 0.263 e. The first kappa shape index (κ1) is 21.9. The van der Waals surface area contributed by atoms with Crippen molar-refractivity contribution >= 4 is 52.1 Å². The van der Waals surface area contributed by atoms with Gasteiger partial charge in [-0.1, -0.05) is 36.0 Å². The Morgan fingerprint density at radius 1 is 1.16 bits per heavy atom. The van der Waals surface area contributed by atoms with E-state index >= 15 is 0 Å². The van der Waals surface area contributed by atoms with Gasteiger partial charge in [-0.2, -0.15) is 0 Å². The highest BCUT2D eigenvalue weighted by atomic mass is 35.5. The predicted octanol–water partition coefficient (Wildman–Crippen LogP) is 3.81. The van der Waals surface area contributed by atoms with Crippen molar-refractivity contribution < 1.29 is 14.4 Å². The van der Waals surface area contributed by atoms with Crippen molar-refractivity contribution in [3.8, 4) is 0 Å². The van der Waals surface area contributed by atoms with Crippen LogP contribution in [0.2, 0.25) is 0 Å². The fourth-order valence-corrected chi connectivity index (χ4v) is 4.89. The second-order valence-corrected chi connectivity index (χ2v) is 9.23. The Balaban J connectivity index is 1.52. The summed E-state index contributed by atoms with van der Waals surface area (Å²) in [5.41, 5.74) is 6.92. The first-order valence-corrected chi connectivity index (χ1v) is 11.3. The van der Waals surface area contributed by atoms with Crippen molar-refractivity contribution in [2.24, 2.45) is 17.6 Å². The van der Waals surface area contributed by atoms with E-state index in [1.165, 1.54) is 11.0 Å². The molecular formula is C23H24ClN3O3S. The molecule has 1 saturated carbocycles. The average Bonchev–Trinajstić information content (AvgIpc) is 3.01. The molecule has 0 spiro atoms. The molecule has 1 fully saturated rings. The molecular weight excluding hydrogens is 434 g/mol. The molecule has 8 heteroatoms. The Kier molecular flexibility index (Phi) is 6.36. The summed E-state index contributed by atoms with van der Waals surface area (Å²) in [6.45, 7) is 1.08. The third-order valence-corrected chi connectivity index (χ3v) is 6.95. The van der Waals surface area contributed by atoms with Gasteiger partial charge in [-0.05, 0) is 62.3 Å². The molecule has 0 aromatic heterocycles. The van der Waals surface area contributed by atoms with E-state index in [0.29, 0.717) is 52.1 Å². The summed E-state index contributed by atoms with van der Waals surface area (Å²) >= 11 is 11.3. The molecule has 3 N–H and O–H groups in total. The fourth-order valence-electron chi connectivity index (χ4n) is 4.47. The number of imide groups is 1. The molecule has 0 radical (unpaired) electrons. The number of halogens is 1. The summed E-state index contributed by atoms with van der Waals surface area (Å²) in [6.07, 6.45) is 7.63. The minimum atomic E-state index is -0.441. The van der Waals surface area contributed by atoms with Crippen LogP contribution >= 0.6 is 23.8 Å². The standard InChI is InChI=1S/C23H24ClN3O3S/c24-15-8-9-19(31)17(10-15)21(28)26-18-3-1-2-16-20(18)23(30)27(22(16)29)12-14-6-4-13(11-25)5-7-14/h1-3,8,10,13-14H,4-7,9,11-12,25H2,(H,26,28). The molecule has 1 aliphatic heterocycles. The van der Waals surface area contributed by atoms with Crippen LogP contribution in [0.1, 0.15) is 52.8 Å². The van der Waals surface area contributed by atoms with Gasteiger partial charge in [0.2, 0.25) is 0 Å². The van der Waals surface area contributed by atoms with Gasteiger partial charge in [0.05, 0.1) is 22.4 Å². The smallest absolute Gasteiger partial charge is 0.263 e. The van der Waals surface area contributed by atoms with Crippen LogP contribution in [0.5, 0.6) is 0 Å². The van der Waals surface area contributed by atoms with Gasteiger partial charge in [-0.15, -0.1) is 0 Å². The van der Waals surface area contributed by atoms with Gasteiger partial charge < -0.3 is 11.1 Å². The lowest BCUT2D eigenvalue weighted by atomic mass is 9.82. The minimum Gasteiger partial charge on any atom is -0.330 e. The summed E-state index contributed by atoms with van der Waals surface area (Å²) in [7, 11) is 0. The summed E-state index contributed by atoms with van der Waals surface area (Å²) in [5.74, 6) is -0.306. The lowest BCUT2D eigenvalue weighted by Gasteiger charge is -2.29. The van der Waals surface area contributed by atoms with E-state index in [1.54, 1.807) is 24.3 Å². The predicted molar refractivity (Wildman–Crippen MR) is 124 cm³/mol. The Morgan fingerprint density at radius 2 is 1.87 bits per heavy atom. The van der Waals surface area contributed by atoms with E-state index in [-0.39, 0.29) is 23.3 Å². The maximum absolute atomic E-state index is 13.2. The molecule has 4 rings (SSSR count). The zero-order valence-electron chi connectivity index (χ0n) is 17.0. The zero-order valence-corrected chi connectivity index (χ0v) is 18.6. The molecule has 2 aliphatic carbocycles. The first-order valence-electron chi connectivity index (χ1n) is 10.5. The highest BCUT2D eigenvalue weighted by Crippen LogP contribution is 2.34. The highest BCUT2D eigenvalue weighted by Gasteiger charge is 2.39. The number of rotatable bonds is 5. The van der Waals surface area contributed by atoms with Crippen molar-refractivity contribution in [1.82, 2.24) is 4.90 Å². The van der Waals surface area contributed by atoms with Crippen LogP contribution in [0, 0.1) is 11.8 Å². The number of nitrogens with zero attached hydrogens (tertiary/aromatic N) is 1. The van der Waals surface area contributed by atoms with Crippen LogP contribution in [-0.4, -0.2) is 40.6 Å². The number of hydrogen-bond donors (Lipinski definition) is 2. The number of allylic oxidation sites excluding steroid dienone is 3. The largest absolute Gasteiger partial charge is 0.330 e. The average molecular weight is 458 g/mol. The highest BCUT2D eigenvalue weighted by molar-refractivity contribution is 7.81. The topological polar surface area (TPSA) is 92.5 Å². The van der Waals surface area contributed by atoms with Crippen molar-refractivity contribution in [1.29, 1.82) is 0 Å². The molecule has 0 bridgehead atoms. The number of benzene rings is 1. The Hall–Kier alpha value is -2.35. The number of nitrogens with one attached hydrogen (secondary N) is 1. The van der Waals surface area contributed by atoms with Crippen LogP contribution < -0.4 is 11.1 Å². The number of fused-ring (bicyclic) bond motifs is 1. The number of carbonyl (C=O) groups is 3. The molecule has 162 valence electrons. The van der Waals surface area contributed by atoms with Crippen molar-refractivity contribution in [3.63, 3.8) is 0 Å². The van der Waals surface area contributed by atoms with Crippen LogP contribution in [0.4, 0.5) is 5.69 Å². The van der Waals surface area contributed by atoms with Crippen molar-refractivity contribution in [3.05, 3.63) is 52.1 Å². The van der Waals surface area contributed by atoms with Crippen molar-refractivity contribution in [2.75, 3.05) is 18.4 Å². The molecule has 0 atom stereocenters. The minimum absolute atomic E-state index is 0.237. The molecule has 0 saturated heterocycles. The monoisotopic (exact) mass is 457 g/mol. The second kappa shape index (κ2) is 9.02. The van der Waals surface area contributed by atoms with Crippen LogP contribution in [0.3, 0.4) is 0 Å². The lowest BCUT2D eigenvalue weighted by Crippen LogP contribution is -2.36. The Bertz CT molecular complexity index is 1020. The number of anilines is 1. The van der Waals surface area contributed by atoms with E-state index in [0.717, 1.165) is 25.7 Å². The molecule has 1 aromatic carbocycles. The van der Waals surface area contributed by atoms with E-state index in [2.05, 4.69) is 5.32 Å². The maximum atomic E-state index is 13.2. The van der Waals surface area contributed by atoms with E-state index in [1.807, 2.05) is 0 Å². The Labute approximate surface area is 191 Å². The number of thiocarbonyl (C=S) groups is 1. The molecule has 31 heavy (non-hydrogen) atoms. The van der Waals surface area contributed by atoms with Crippen LogP contribution in [0.15, 0.2) is 41.0 Å². The SMILES string of the molecule is NCC1CCC(CN2C(=O)c3cccc(NC(=O)C4=CC(Cl)=CCC4=S)c3C2=O)CC1. The van der Waals surface area contributed by atoms with Gasteiger partial charge in [-0.3, -0.25) is 19.3 Å². The van der Waals surface area contributed by atoms with Gasteiger partial charge in [-0.25, -0.2) is 0 Å². The zero-order chi connectivity index (χ0) is 22.1. The second-order valence-electron chi connectivity index (χ2n) is 8.30. The van der Waals surface area contributed by atoms with Crippen LogP contribution in [-0.2, 0) is 4.79 Å². The van der Waals surface area contributed by atoms with Crippen molar-refractivity contribution in [2.45, 2.75) is 32.1 Å². The summed E-state index contributed by atoms with van der Waals surface area (Å²) in [6, 6.07) is 4.92. The van der Waals surface area contributed by atoms with E-state index < -0.39 is 5.91 Å².